The zero-order valence-corrected chi connectivity index (χ0v) is 9.61. The maximum absolute atomic E-state index is 12.3. The molecule has 0 radical (unpaired) electrons. The minimum Gasteiger partial charge on any atom is -0.395 e. The molecule has 0 unspecified atom stereocenters. The highest BCUT2D eigenvalue weighted by atomic mass is 19.4. The first-order valence-corrected chi connectivity index (χ1v) is 5.37. The molecule has 1 aromatic carbocycles. The van der Waals surface area contributed by atoms with E-state index in [9.17, 15) is 13.2 Å². The summed E-state index contributed by atoms with van der Waals surface area (Å²) < 4.78 is 41.5. The number of hydrogen-bond acceptors (Lipinski definition) is 5. The summed E-state index contributed by atoms with van der Waals surface area (Å²) in [5.41, 5.74) is 1.12. The fraction of sp³-hybridized carbons (Fsp3) is 0.273. The molecule has 0 amide bonds. The molecule has 2 aromatic rings. The second kappa shape index (κ2) is 5.27. The van der Waals surface area contributed by atoms with Gasteiger partial charge in [0.2, 0.25) is 0 Å². The number of aliphatic hydroxyl groups is 1. The predicted molar refractivity (Wildman–Crippen MR) is 60.3 cm³/mol. The molecule has 8 heteroatoms. The highest BCUT2D eigenvalue weighted by molar-refractivity contribution is 5.58. The van der Waals surface area contributed by atoms with Crippen LogP contribution in [0.25, 0.3) is 11.5 Å². The van der Waals surface area contributed by atoms with E-state index in [4.69, 9.17) is 5.11 Å². The third kappa shape index (κ3) is 3.22. The van der Waals surface area contributed by atoms with Crippen LogP contribution in [0.3, 0.4) is 0 Å². The van der Waals surface area contributed by atoms with Gasteiger partial charge < -0.3 is 14.9 Å². The lowest BCUT2D eigenvalue weighted by Gasteiger charge is -2.03. The summed E-state index contributed by atoms with van der Waals surface area (Å²) in [7, 11) is 0. The molecule has 102 valence electrons. The van der Waals surface area contributed by atoms with Crippen LogP contribution in [0.5, 0.6) is 0 Å². The number of benzene rings is 1. The van der Waals surface area contributed by atoms with Crippen molar-refractivity contribution in [2.24, 2.45) is 0 Å². The average Bonchev–Trinajstić information content (AvgIpc) is 2.86. The number of anilines is 1. The van der Waals surface area contributed by atoms with Gasteiger partial charge in [-0.1, -0.05) is 5.16 Å². The molecule has 1 aromatic heterocycles. The number of rotatable bonds is 4. The van der Waals surface area contributed by atoms with Crippen molar-refractivity contribution in [1.82, 2.24) is 10.1 Å². The lowest BCUT2D eigenvalue weighted by Crippen LogP contribution is -2.07. The zero-order valence-electron chi connectivity index (χ0n) is 9.61. The van der Waals surface area contributed by atoms with Crippen LogP contribution in [-0.2, 0) is 6.18 Å². The Hall–Kier alpha value is -2.09. The molecule has 0 atom stereocenters. The summed E-state index contributed by atoms with van der Waals surface area (Å²) in [5, 5.41) is 14.4. The SMILES string of the molecule is OCCNc1ccc(-c2nc(C(F)(F)F)no2)cc1. The van der Waals surface area contributed by atoms with Gasteiger partial charge >= 0.3 is 6.18 Å². The number of aromatic nitrogens is 2. The summed E-state index contributed by atoms with van der Waals surface area (Å²) >= 11 is 0. The molecule has 2 N–H and O–H groups in total. The number of halogens is 3. The van der Waals surface area contributed by atoms with Crippen molar-refractivity contribution in [3.8, 4) is 11.5 Å². The molecule has 0 bridgehead atoms. The van der Waals surface area contributed by atoms with Crippen molar-refractivity contribution in [3.05, 3.63) is 30.1 Å². The topological polar surface area (TPSA) is 71.2 Å². The number of hydrogen-bond donors (Lipinski definition) is 2. The molecule has 19 heavy (non-hydrogen) atoms. The lowest BCUT2D eigenvalue weighted by molar-refractivity contribution is -0.146. The van der Waals surface area contributed by atoms with Gasteiger partial charge in [0, 0.05) is 17.8 Å². The van der Waals surface area contributed by atoms with Crippen LogP contribution in [-0.4, -0.2) is 28.4 Å². The van der Waals surface area contributed by atoms with E-state index < -0.39 is 12.0 Å². The van der Waals surface area contributed by atoms with Crippen molar-refractivity contribution in [2.75, 3.05) is 18.5 Å². The molecule has 0 fully saturated rings. The normalized spacial score (nSPS) is 11.6. The van der Waals surface area contributed by atoms with Gasteiger partial charge in [-0.15, -0.1) is 0 Å². The Labute approximate surface area is 106 Å². The molecule has 0 aliphatic carbocycles. The Morgan fingerprint density at radius 2 is 1.89 bits per heavy atom. The number of nitrogens with one attached hydrogen (secondary N) is 1. The minimum absolute atomic E-state index is 0.0135. The Bertz CT molecular complexity index is 537. The monoisotopic (exact) mass is 273 g/mol. The van der Waals surface area contributed by atoms with Crippen molar-refractivity contribution in [1.29, 1.82) is 0 Å². The van der Waals surface area contributed by atoms with E-state index >= 15 is 0 Å². The van der Waals surface area contributed by atoms with Gasteiger partial charge in [0.15, 0.2) is 0 Å². The average molecular weight is 273 g/mol. The second-order valence-corrected chi connectivity index (χ2v) is 3.65. The summed E-state index contributed by atoms with van der Waals surface area (Å²) in [4.78, 5) is 3.28. The molecule has 0 saturated heterocycles. The predicted octanol–water partition coefficient (Wildman–Crippen LogP) is 2.16. The largest absolute Gasteiger partial charge is 0.455 e. The first kappa shape index (κ1) is 13.3. The van der Waals surface area contributed by atoms with Crippen LogP contribution in [0.4, 0.5) is 18.9 Å². The standard InChI is InChI=1S/C11H10F3N3O2/c12-11(13,14)10-16-9(19-17-10)7-1-3-8(4-2-7)15-5-6-18/h1-4,15,18H,5-6H2. The van der Waals surface area contributed by atoms with E-state index in [1.165, 1.54) is 0 Å². The minimum atomic E-state index is -4.62. The van der Waals surface area contributed by atoms with Gasteiger partial charge in [-0.2, -0.15) is 18.2 Å². The Morgan fingerprint density at radius 3 is 2.42 bits per heavy atom. The van der Waals surface area contributed by atoms with Gasteiger partial charge in [0.25, 0.3) is 11.7 Å². The van der Waals surface area contributed by atoms with Crippen molar-refractivity contribution in [2.45, 2.75) is 6.18 Å². The highest BCUT2D eigenvalue weighted by Crippen LogP contribution is 2.28. The number of aliphatic hydroxyl groups excluding tert-OH is 1. The van der Waals surface area contributed by atoms with Crippen LogP contribution in [0, 0.1) is 0 Å². The number of nitrogens with zero attached hydrogens (tertiary/aromatic N) is 2. The maximum Gasteiger partial charge on any atom is 0.455 e. The molecule has 5 nitrogen and oxygen atoms in total. The first-order valence-electron chi connectivity index (χ1n) is 5.37. The molecule has 0 aliphatic rings. The fourth-order valence-corrected chi connectivity index (χ4v) is 1.39. The van der Waals surface area contributed by atoms with Crippen LogP contribution in [0.1, 0.15) is 5.82 Å². The first-order chi connectivity index (χ1) is 9.00. The van der Waals surface area contributed by atoms with E-state index in [2.05, 4.69) is 20.0 Å². The van der Waals surface area contributed by atoms with E-state index in [1.54, 1.807) is 24.3 Å². The third-order valence-electron chi connectivity index (χ3n) is 2.25. The molecular formula is C11H10F3N3O2. The molecule has 0 saturated carbocycles. The second-order valence-electron chi connectivity index (χ2n) is 3.65. The van der Waals surface area contributed by atoms with Gasteiger partial charge in [-0.25, -0.2) is 0 Å². The van der Waals surface area contributed by atoms with Crippen LogP contribution >= 0.6 is 0 Å². The van der Waals surface area contributed by atoms with E-state index in [1.807, 2.05) is 0 Å². The molecule has 0 aliphatic heterocycles. The highest BCUT2D eigenvalue weighted by Gasteiger charge is 2.37. The van der Waals surface area contributed by atoms with E-state index in [0.29, 0.717) is 12.1 Å². The van der Waals surface area contributed by atoms with Crippen molar-refractivity contribution >= 4 is 5.69 Å². The molecular weight excluding hydrogens is 263 g/mol. The Balaban J connectivity index is 2.16. The molecule has 2 rings (SSSR count). The van der Waals surface area contributed by atoms with Gasteiger partial charge in [-0.3, -0.25) is 0 Å². The van der Waals surface area contributed by atoms with E-state index in [-0.39, 0.29) is 12.5 Å². The summed E-state index contributed by atoms with van der Waals surface area (Å²) in [6, 6.07) is 6.38. The summed E-state index contributed by atoms with van der Waals surface area (Å²) in [6.45, 7) is 0.373. The summed E-state index contributed by atoms with van der Waals surface area (Å²) in [6.07, 6.45) is -4.62. The van der Waals surface area contributed by atoms with Crippen molar-refractivity contribution in [3.63, 3.8) is 0 Å². The quantitative estimate of drug-likeness (QED) is 0.893. The smallest absolute Gasteiger partial charge is 0.395 e. The third-order valence-corrected chi connectivity index (χ3v) is 2.25. The van der Waals surface area contributed by atoms with Crippen molar-refractivity contribution < 1.29 is 22.8 Å². The van der Waals surface area contributed by atoms with Crippen LogP contribution in [0.15, 0.2) is 28.8 Å². The fourth-order valence-electron chi connectivity index (χ4n) is 1.39. The van der Waals surface area contributed by atoms with Gasteiger partial charge in [-0.05, 0) is 24.3 Å². The Kier molecular flexibility index (Phi) is 3.70. The number of alkyl halides is 3. The van der Waals surface area contributed by atoms with E-state index in [0.717, 1.165) is 5.69 Å². The zero-order chi connectivity index (χ0) is 13.9. The lowest BCUT2D eigenvalue weighted by atomic mass is 10.2. The maximum atomic E-state index is 12.3. The van der Waals surface area contributed by atoms with Gasteiger partial charge in [0.1, 0.15) is 0 Å². The van der Waals surface area contributed by atoms with Gasteiger partial charge in [0.05, 0.1) is 6.61 Å². The van der Waals surface area contributed by atoms with Crippen LogP contribution < -0.4 is 5.32 Å². The molecule has 1 heterocycles. The summed E-state index contributed by atoms with van der Waals surface area (Å²) in [5.74, 6) is -1.49. The van der Waals surface area contributed by atoms with Crippen LogP contribution in [0.2, 0.25) is 0 Å². The Morgan fingerprint density at radius 1 is 1.21 bits per heavy atom. The molecule has 0 spiro atoms.